The van der Waals surface area contributed by atoms with Gasteiger partial charge in [0, 0.05) is 16.3 Å². The van der Waals surface area contributed by atoms with Gasteiger partial charge in [-0.3, -0.25) is 4.21 Å². The molecule has 0 bridgehead atoms. The summed E-state index contributed by atoms with van der Waals surface area (Å²) in [6, 6.07) is 15.5. The second kappa shape index (κ2) is 7.73. The normalized spacial score (nSPS) is 13.7. The van der Waals surface area contributed by atoms with Crippen molar-refractivity contribution < 1.29 is 8.95 Å². The van der Waals surface area contributed by atoms with Crippen molar-refractivity contribution in [1.29, 1.82) is 0 Å². The molecule has 0 fully saturated rings. The summed E-state index contributed by atoms with van der Waals surface area (Å²) in [7, 11) is 2.45. The maximum absolute atomic E-state index is 12.5. The van der Waals surface area contributed by atoms with E-state index in [9.17, 15) is 4.21 Å². The maximum Gasteiger partial charge on any atom is 0.118 e. The summed E-state index contributed by atoms with van der Waals surface area (Å²) in [5.74, 6) is 1.34. The molecule has 2 aromatic rings. The molecule has 0 heterocycles. The number of halogens is 1. The van der Waals surface area contributed by atoms with E-state index in [1.165, 1.54) is 0 Å². The van der Waals surface area contributed by atoms with E-state index in [-0.39, 0.29) is 6.04 Å². The first-order valence-electron chi connectivity index (χ1n) is 6.60. The molecule has 0 amide bonds. The van der Waals surface area contributed by atoms with E-state index >= 15 is 0 Å². The van der Waals surface area contributed by atoms with Gasteiger partial charge in [0.05, 0.1) is 22.8 Å². The first kappa shape index (κ1) is 16.2. The molecular weight excluding hydrogens is 350 g/mol. The lowest BCUT2D eigenvalue weighted by molar-refractivity contribution is 0.414. The van der Waals surface area contributed by atoms with Crippen molar-refractivity contribution in [3.8, 4) is 5.75 Å². The fourth-order valence-corrected chi connectivity index (χ4v) is 4.24. The molecule has 21 heavy (non-hydrogen) atoms. The van der Waals surface area contributed by atoms with Crippen LogP contribution in [-0.2, 0) is 10.8 Å². The number of nitrogens with one attached hydrogen (secondary N) is 1. The first-order valence-corrected chi connectivity index (χ1v) is 8.71. The average Bonchev–Trinajstić information content (AvgIpc) is 2.53. The smallest absolute Gasteiger partial charge is 0.118 e. The summed E-state index contributed by atoms with van der Waals surface area (Å²) < 4.78 is 18.6. The van der Waals surface area contributed by atoms with Crippen LogP contribution >= 0.6 is 15.9 Å². The van der Waals surface area contributed by atoms with E-state index in [1.54, 1.807) is 7.11 Å². The Morgan fingerprint density at radius 3 is 2.43 bits per heavy atom. The molecular formula is C16H18BrNO2S. The quantitative estimate of drug-likeness (QED) is 0.848. The van der Waals surface area contributed by atoms with Crippen LogP contribution in [0.1, 0.15) is 11.6 Å². The van der Waals surface area contributed by atoms with Crippen molar-refractivity contribution in [2.24, 2.45) is 0 Å². The highest BCUT2D eigenvalue weighted by Gasteiger charge is 2.16. The Bertz CT molecular complexity index is 616. The van der Waals surface area contributed by atoms with E-state index in [1.807, 2.05) is 55.6 Å². The van der Waals surface area contributed by atoms with Crippen molar-refractivity contribution >= 4 is 26.7 Å². The number of hydrogen-bond donors (Lipinski definition) is 1. The van der Waals surface area contributed by atoms with Crippen LogP contribution in [0.15, 0.2) is 57.9 Å². The summed E-state index contributed by atoms with van der Waals surface area (Å²) in [4.78, 5) is 0.825. The summed E-state index contributed by atoms with van der Waals surface area (Å²) in [5, 5.41) is 3.23. The maximum atomic E-state index is 12.5. The van der Waals surface area contributed by atoms with Crippen LogP contribution < -0.4 is 10.1 Å². The number of benzene rings is 2. The molecule has 0 aliphatic rings. The molecule has 0 saturated carbocycles. The predicted molar refractivity (Wildman–Crippen MR) is 90.2 cm³/mol. The lowest BCUT2D eigenvalue weighted by Gasteiger charge is -2.17. The van der Waals surface area contributed by atoms with Gasteiger partial charge in [-0.1, -0.05) is 24.3 Å². The Kier molecular flexibility index (Phi) is 5.96. The van der Waals surface area contributed by atoms with Crippen LogP contribution in [0.2, 0.25) is 0 Å². The van der Waals surface area contributed by atoms with Crippen LogP contribution in [0, 0.1) is 0 Å². The van der Waals surface area contributed by atoms with Crippen molar-refractivity contribution in [1.82, 2.24) is 5.32 Å². The van der Waals surface area contributed by atoms with E-state index in [0.717, 1.165) is 20.7 Å². The largest absolute Gasteiger partial charge is 0.497 e. The number of ether oxygens (including phenoxy) is 1. The molecule has 0 aliphatic heterocycles. The second-order valence-corrected chi connectivity index (χ2v) is 6.88. The van der Waals surface area contributed by atoms with Crippen molar-refractivity contribution in [2.45, 2.75) is 10.9 Å². The topological polar surface area (TPSA) is 38.3 Å². The van der Waals surface area contributed by atoms with Gasteiger partial charge in [-0.05, 0) is 52.8 Å². The molecule has 1 N–H and O–H groups in total. The highest BCUT2D eigenvalue weighted by Crippen LogP contribution is 2.24. The average molecular weight is 368 g/mol. The van der Waals surface area contributed by atoms with Gasteiger partial charge in [-0.25, -0.2) is 0 Å². The molecule has 0 saturated heterocycles. The molecule has 3 nitrogen and oxygen atoms in total. The zero-order chi connectivity index (χ0) is 15.2. The van der Waals surface area contributed by atoms with Crippen molar-refractivity contribution in [2.75, 3.05) is 19.9 Å². The number of methoxy groups -OCH3 is 1. The van der Waals surface area contributed by atoms with Gasteiger partial charge in [0.2, 0.25) is 0 Å². The molecule has 5 heteroatoms. The lowest BCUT2D eigenvalue weighted by atomic mass is 10.1. The fourth-order valence-electron chi connectivity index (χ4n) is 2.05. The third-order valence-electron chi connectivity index (χ3n) is 3.27. The lowest BCUT2D eigenvalue weighted by Crippen LogP contribution is -2.22. The molecule has 2 unspecified atom stereocenters. The molecule has 2 rings (SSSR count). The Labute approximate surface area is 136 Å². The highest BCUT2D eigenvalue weighted by atomic mass is 79.9. The van der Waals surface area contributed by atoms with Gasteiger partial charge in [0.1, 0.15) is 5.75 Å². The minimum atomic E-state index is -1.07. The van der Waals surface area contributed by atoms with E-state index in [0.29, 0.717) is 5.75 Å². The zero-order valence-corrected chi connectivity index (χ0v) is 14.4. The van der Waals surface area contributed by atoms with Crippen LogP contribution in [0.5, 0.6) is 5.75 Å². The SMILES string of the molecule is CNC(CS(=O)c1ccccc1Br)c1ccc(OC)cc1. The molecule has 0 spiro atoms. The number of rotatable bonds is 6. The molecule has 2 atom stereocenters. The van der Waals surface area contributed by atoms with Crippen LogP contribution in [0.4, 0.5) is 0 Å². The zero-order valence-electron chi connectivity index (χ0n) is 12.0. The Morgan fingerprint density at radius 2 is 1.86 bits per heavy atom. The standard InChI is InChI=1S/C16H18BrNO2S/c1-18-15(12-7-9-13(20-2)10-8-12)11-21(19)16-6-4-3-5-14(16)17/h3-10,15,18H,11H2,1-2H3. The van der Waals surface area contributed by atoms with Gasteiger partial charge in [-0.15, -0.1) is 0 Å². The van der Waals surface area contributed by atoms with Crippen molar-refractivity contribution in [3.63, 3.8) is 0 Å². The van der Waals surface area contributed by atoms with Crippen LogP contribution in [-0.4, -0.2) is 24.1 Å². The van der Waals surface area contributed by atoms with Gasteiger partial charge in [0.25, 0.3) is 0 Å². The molecule has 0 radical (unpaired) electrons. The van der Waals surface area contributed by atoms with Crippen LogP contribution in [0.25, 0.3) is 0 Å². The van der Waals surface area contributed by atoms with Gasteiger partial charge in [-0.2, -0.15) is 0 Å². The highest BCUT2D eigenvalue weighted by molar-refractivity contribution is 9.10. The van der Waals surface area contributed by atoms with E-state index < -0.39 is 10.8 Å². The molecule has 2 aromatic carbocycles. The van der Waals surface area contributed by atoms with Gasteiger partial charge in [0.15, 0.2) is 0 Å². The molecule has 0 aromatic heterocycles. The second-order valence-electron chi connectivity index (χ2n) is 4.56. The Balaban J connectivity index is 2.15. The van der Waals surface area contributed by atoms with Crippen molar-refractivity contribution in [3.05, 3.63) is 58.6 Å². The summed E-state index contributed by atoms with van der Waals surface area (Å²) in [5.41, 5.74) is 1.10. The minimum Gasteiger partial charge on any atom is -0.497 e. The summed E-state index contributed by atoms with van der Waals surface area (Å²) >= 11 is 3.45. The molecule has 0 aliphatic carbocycles. The van der Waals surface area contributed by atoms with Crippen LogP contribution in [0.3, 0.4) is 0 Å². The third kappa shape index (κ3) is 4.15. The Morgan fingerprint density at radius 1 is 1.19 bits per heavy atom. The predicted octanol–water partition coefficient (Wildman–Crippen LogP) is 3.53. The summed E-state index contributed by atoms with van der Waals surface area (Å²) in [6.07, 6.45) is 0. The molecule has 112 valence electrons. The third-order valence-corrected chi connectivity index (χ3v) is 5.70. The van der Waals surface area contributed by atoms with Gasteiger partial charge < -0.3 is 10.1 Å². The Hall–Kier alpha value is -1.17. The fraction of sp³-hybridized carbons (Fsp3) is 0.250. The first-order chi connectivity index (χ1) is 10.2. The minimum absolute atomic E-state index is 0.0313. The summed E-state index contributed by atoms with van der Waals surface area (Å²) in [6.45, 7) is 0. The van der Waals surface area contributed by atoms with E-state index in [4.69, 9.17) is 4.74 Å². The monoisotopic (exact) mass is 367 g/mol. The van der Waals surface area contributed by atoms with Gasteiger partial charge >= 0.3 is 0 Å². The number of hydrogen-bond acceptors (Lipinski definition) is 3. The van der Waals surface area contributed by atoms with E-state index in [2.05, 4.69) is 21.2 Å².